The van der Waals surface area contributed by atoms with Gasteiger partial charge in [0.15, 0.2) is 0 Å². The van der Waals surface area contributed by atoms with Gasteiger partial charge in [-0.15, -0.1) is 0 Å². The molecule has 7 atom stereocenters. The number of esters is 1. The number of nitrogens with zero attached hydrogens (tertiary/aromatic N) is 5. The Balaban J connectivity index is 1.06. The van der Waals surface area contributed by atoms with Crippen molar-refractivity contribution in [1.82, 2.24) is 35.2 Å². The van der Waals surface area contributed by atoms with E-state index in [2.05, 4.69) is 58.3 Å². The van der Waals surface area contributed by atoms with Gasteiger partial charge in [0.2, 0.25) is 11.8 Å². The SMILES string of the molecule is CO[C@@H](C)c1ncccc1-c1c2c3cc(ccc3n1C1CC1)-c1coc(n1)[C@@H](N1CC3(COC3)C1)[C@H](NC(=O)C1[C@H]3COC[C@@H]13)C(=O)N1CCC[C@H](N1)C(=O)OCC(C)(C)C2. The van der Waals surface area contributed by atoms with Crippen LogP contribution >= 0.6 is 0 Å². The first-order chi connectivity index (χ1) is 29.5. The molecule has 1 spiro atoms. The van der Waals surface area contributed by atoms with Crippen LogP contribution in [-0.4, -0.2) is 114 Å². The zero-order valence-electron chi connectivity index (χ0n) is 35.4. The number of pyridine rings is 1. The van der Waals surface area contributed by atoms with Crippen molar-refractivity contribution >= 4 is 28.7 Å². The topological polar surface area (TPSA) is 163 Å². The van der Waals surface area contributed by atoms with Gasteiger partial charge < -0.3 is 33.2 Å². The van der Waals surface area contributed by atoms with Gasteiger partial charge in [0.1, 0.15) is 30.1 Å². The molecule has 11 rings (SSSR count). The zero-order valence-corrected chi connectivity index (χ0v) is 35.4. The van der Waals surface area contributed by atoms with Crippen molar-refractivity contribution in [2.45, 2.75) is 83.1 Å². The fourth-order valence-electron chi connectivity index (χ4n) is 10.8. The Morgan fingerprint density at radius 1 is 1.05 bits per heavy atom. The summed E-state index contributed by atoms with van der Waals surface area (Å²) in [6.07, 6.45) is 7.11. The number of oxazole rings is 1. The molecule has 0 radical (unpaired) electrons. The number of hydrazine groups is 1. The standard InChI is InChI=1S/C46H55N7O8/c1-25(57-4)37-28(7-5-13-47-37)39-30-16-45(2,3)22-61-44(56)33-8-6-14-52(50-33)43(55)38(49-41(54)36-31-17-58-18-32(31)36)40(51-20-46(21-51)23-59-24-46)42-48-34(19-60-42)26-9-12-35(29(30)15-26)53(39)27-10-11-27/h5,7,9,12-13,15,19,25,27,31-33,36,38,40,50H,6,8,10-11,14,16-18,20-24H2,1-4H3,(H,49,54)/t25-,31-,32+,33-,36?,38-,40-/m0/s1. The Labute approximate surface area is 354 Å². The molecule has 322 valence electrons. The van der Waals surface area contributed by atoms with Gasteiger partial charge in [-0.25, -0.2) is 10.4 Å². The summed E-state index contributed by atoms with van der Waals surface area (Å²) in [6.45, 7) is 10.5. The fraction of sp³-hybridized carbons (Fsp3) is 0.587. The molecule has 2 saturated carbocycles. The third-order valence-electron chi connectivity index (χ3n) is 14.3. The van der Waals surface area contributed by atoms with E-state index in [0.717, 1.165) is 51.8 Å². The molecule has 8 heterocycles. The van der Waals surface area contributed by atoms with E-state index in [1.165, 1.54) is 5.01 Å². The molecule has 6 bridgehead atoms. The number of nitrogens with one attached hydrogen (secondary N) is 2. The van der Waals surface area contributed by atoms with Crippen LogP contribution < -0.4 is 10.7 Å². The molecule has 5 aliphatic heterocycles. The molecule has 15 heteroatoms. The highest BCUT2D eigenvalue weighted by molar-refractivity contribution is 5.95. The summed E-state index contributed by atoms with van der Waals surface area (Å²) < 4.78 is 32.2. The Morgan fingerprint density at radius 2 is 1.85 bits per heavy atom. The number of carbonyl (C=O) groups excluding carboxylic acids is 3. The molecule has 6 fully saturated rings. The van der Waals surface area contributed by atoms with Gasteiger partial charge in [-0.05, 0) is 80.7 Å². The second-order valence-corrected chi connectivity index (χ2v) is 19.5. The van der Waals surface area contributed by atoms with E-state index < -0.39 is 29.5 Å². The van der Waals surface area contributed by atoms with E-state index in [4.69, 9.17) is 33.3 Å². The van der Waals surface area contributed by atoms with Gasteiger partial charge in [0, 0.05) is 77.8 Å². The predicted molar refractivity (Wildman–Crippen MR) is 221 cm³/mol. The molecule has 4 aromatic rings. The maximum atomic E-state index is 15.0. The predicted octanol–water partition coefficient (Wildman–Crippen LogP) is 4.77. The lowest BCUT2D eigenvalue weighted by atomic mass is 9.76. The number of benzene rings is 1. The summed E-state index contributed by atoms with van der Waals surface area (Å²) in [5.41, 5.74) is 9.51. The lowest BCUT2D eigenvalue weighted by Gasteiger charge is -2.57. The van der Waals surface area contributed by atoms with Crippen molar-refractivity contribution in [2.24, 2.45) is 28.6 Å². The maximum absolute atomic E-state index is 15.0. The third kappa shape index (κ3) is 6.78. The minimum atomic E-state index is -1.05. The highest BCUT2D eigenvalue weighted by Crippen LogP contribution is 2.52. The number of carbonyl (C=O) groups is 3. The van der Waals surface area contributed by atoms with Crippen molar-refractivity contribution in [2.75, 3.05) is 59.8 Å². The molecule has 7 aliphatic rings. The third-order valence-corrected chi connectivity index (χ3v) is 14.3. The quantitative estimate of drug-likeness (QED) is 0.246. The summed E-state index contributed by atoms with van der Waals surface area (Å²) in [7, 11) is 1.71. The molecule has 15 nitrogen and oxygen atoms in total. The molecule has 2 N–H and O–H groups in total. The van der Waals surface area contributed by atoms with Crippen LogP contribution in [0.5, 0.6) is 0 Å². The van der Waals surface area contributed by atoms with Gasteiger partial charge >= 0.3 is 5.97 Å². The van der Waals surface area contributed by atoms with Crippen molar-refractivity contribution in [3.8, 4) is 22.5 Å². The number of methoxy groups -OCH3 is 1. The largest absolute Gasteiger partial charge is 0.464 e. The number of hydrogen-bond donors (Lipinski definition) is 2. The average molecular weight is 834 g/mol. The number of rotatable bonds is 7. The molecule has 1 aromatic carbocycles. The summed E-state index contributed by atoms with van der Waals surface area (Å²) in [4.78, 5) is 55.3. The summed E-state index contributed by atoms with van der Waals surface area (Å²) in [6, 6.07) is 8.44. The van der Waals surface area contributed by atoms with Crippen LogP contribution in [0, 0.1) is 28.6 Å². The van der Waals surface area contributed by atoms with Crippen molar-refractivity contribution in [3.05, 3.63) is 59.9 Å². The summed E-state index contributed by atoms with van der Waals surface area (Å²) in [5, 5.41) is 5.80. The normalized spacial score (nSPS) is 29.9. The summed E-state index contributed by atoms with van der Waals surface area (Å²) >= 11 is 0. The monoisotopic (exact) mass is 833 g/mol. The van der Waals surface area contributed by atoms with E-state index in [0.29, 0.717) is 83.0 Å². The molecule has 1 unspecified atom stereocenters. The summed E-state index contributed by atoms with van der Waals surface area (Å²) in [5.74, 6) is -0.481. The van der Waals surface area contributed by atoms with E-state index in [1.807, 2.05) is 19.2 Å². The van der Waals surface area contributed by atoms with Crippen LogP contribution in [0.4, 0.5) is 0 Å². The zero-order chi connectivity index (χ0) is 41.8. The van der Waals surface area contributed by atoms with Crippen LogP contribution in [0.1, 0.15) is 81.8 Å². The maximum Gasteiger partial charge on any atom is 0.324 e. The average Bonchev–Trinajstić information content (AvgIpc) is 4.03. The number of ether oxygens (including phenoxy) is 4. The molecule has 3 aromatic heterocycles. The van der Waals surface area contributed by atoms with Crippen LogP contribution in [-0.2, 0) is 39.8 Å². The Morgan fingerprint density at radius 3 is 2.59 bits per heavy atom. The van der Waals surface area contributed by atoms with Crippen molar-refractivity contribution in [3.63, 3.8) is 0 Å². The van der Waals surface area contributed by atoms with Gasteiger partial charge in [0.25, 0.3) is 5.91 Å². The first kappa shape index (κ1) is 39.2. The lowest BCUT2D eigenvalue weighted by molar-refractivity contribution is -0.204. The molecule has 2 amide bonds. The minimum absolute atomic E-state index is 0.00105. The van der Waals surface area contributed by atoms with E-state index in [-0.39, 0.29) is 47.7 Å². The number of hydrogen-bond acceptors (Lipinski definition) is 12. The van der Waals surface area contributed by atoms with Gasteiger partial charge in [-0.1, -0.05) is 19.9 Å². The first-order valence-electron chi connectivity index (χ1n) is 22.1. The molecule has 2 aliphatic carbocycles. The van der Waals surface area contributed by atoms with Crippen LogP contribution in [0.2, 0.25) is 0 Å². The molecular weight excluding hydrogens is 779 g/mol. The van der Waals surface area contributed by atoms with E-state index in [9.17, 15) is 14.4 Å². The van der Waals surface area contributed by atoms with Crippen LogP contribution in [0.25, 0.3) is 33.4 Å². The van der Waals surface area contributed by atoms with Crippen molar-refractivity contribution < 1.29 is 37.7 Å². The second-order valence-electron chi connectivity index (χ2n) is 19.5. The first-order valence-corrected chi connectivity index (χ1v) is 22.1. The number of likely N-dealkylation sites (tertiary alicyclic amines) is 1. The number of fused-ring (bicyclic) bond motifs is 7. The number of aromatic nitrogens is 3. The molecule has 4 saturated heterocycles. The van der Waals surface area contributed by atoms with Gasteiger partial charge in [-0.2, -0.15) is 0 Å². The molecular formula is C46H55N7O8. The Hall–Kier alpha value is -4.67. The smallest absolute Gasteiger partial charge is 0.324 e. The Bertz CT molecular complexity index is 2380. The van der Waals surface area contributed by atoms with Crippen LogP contribution in [0.15, 0.2) is 47.2 Å². The van der Waals surface area contributed by atoms with Crippen molar-refractivity contribution in [1.29, 1.82) is 0 Å². The highest BCUT2D eigenvalue weighted by atomic mass is 16.5. The van der Waals surface area contributed by atoms with E-state index >= 15 is 0 Å². The minimum Gasteiger partial charge on any atom is -0.464 e. The fourth-order valence-corrected chi connectivity index (χ4v) is 10.8. The van der Waals surface area contributed by atoms with E-state index in [1.54, 1.807) is 13.4 Å². The molecule has 61 heavy (non-hydrogen) atoms. The lowest BCUT2D eigenvalue weighted by Crippen LogP contribution is -2.70. The number of amides is 2. The highest BCUT2D eigenvalue weighted by Gasteiger charge is 2.60. The van der Waals surface area contributed by atoms with Crippen LogP contribution in [0.3, 0.4) is 0 Å². The van der Waals surface area contributed by atoms with Gasteiger partial charge in [0.05, 0.1) is 50.5 Å². The Kier molecular flexibility index (Phi) is 9.46. The number of cyclic esters (lactones) is 1. The second kappa shape index (κ2) is 14.7. The van der Waals surface area contributed by atoms with Gasteiger partial charge in [-0.3, -0.25) is 29.3 Å².